The van der Waals surface area contributed by atoms with Crippen LogP contribution in [0.2, 0.25) is 0 Å². The normalized spacial score (nSPS) is 21.7. The average molecular weight is 394 g/mol. The zero-order valence-corrected chi connectivity index (χ0v) is 17.4. The van der Waals surface area contributed by atoms with Crippen LogP contribution in [0.3, 0.4) is 0 Å². The van der Waals surface area contributed by atoms with Crippen LogP contribution in [-0.2, 0) is 9.53 Å². The van der Waals surface area contributed by atoms with Gasteiger partial charge in [-0.05, 0) is 52.9 Å². The van der Waals surface area contributed by atoms with E-state index in [0.717, 1.165) is 18.5 Å². The summed E-state index contributed by atoms with van der Waals surface area (Å²) >= 11 is 1.48. The van der Waals surface area contributed by atoms with E-state index in [9.17, 15) is 9.59 Å². The predicted molar refractivity (Wildman–Crippen MR) is 107 cm³/mol. The van der Waals surface area contributed by atoms with Crippen molar-refractivity contribution in [2.45, 2.75) is 89.7 Å². The van der Waals surface area contributed by atoms with E-state index in [1.54, 1.807) is 4.90 Å². The molecule has 2 fully saturated rings. The van der Waals surface area contributed by atoms with Crippen LogP contribution >= 0.6 is 11.3 Å². The van der Waals surface area contributed by atoms with Crippen molar-refractivity contribution in [2.24, 2.45) is 0 Å². The van der Waals surface area contributed by atoms with E-state index in [1.165, 1.54) is 43.4 Å². The number of likely N-dealkylation sites (tertiary alicyclic amines) is 1. The number of nitrogens with one attached hydrogen (secondary N) is 1. The molecule has 2 heterocycles. The topological polar surface area (TPSA) is 71.5 Å². The van der Waals surface area contributed by atoms with E-state index < -0.39 is 17.7 Å². The lowest BCUT2D eigenvalue weighted by Gasteiger charge is -2.35. The third-order valence-electron chi connectivity index (χ3n) is 5.21. The van der Waals surface area contributed by atoms with Gasteiger partial charge >= 0.3 is 6.09 Å². The molecule has 2 amide bonds. The molecule has 0 bridgehead atoms. The molecule has 7 heteroatoms. The molecule has 1 aliphatic heterocycles. The molecule has 1 N–H and O–H groups in total. The molecule has 150 valence electrons. The summed E-state index contributed by atoms with van der Waals surface area (Å²) < 4.78 is 5.49. The first kappa shape index (κ1) is 20.1. The number of carbonyl (C=O) groups excluding carboxylic acids is 2. The smallest absolute Gasteiger partial charge is 0.410 e. The molecular formula is C20H31N3O3S. The Bertz CT molecular complexity index is 662. The fourth-order valence-electron chi connectivity index (χ4n) is 3.86. The maximum Gasteiger partial charge on any atom is 0.410 e. The van der Waals surface area contributed by atoms with Gasteiger partial charge in [0.05, 0.1) is 5.69 Å². The predicted octanol–water partition coefficient (Wildman–Crippen LogP) is 4.92. The number of aromatic nitrogens is 1. The zero-order valence-electron chi connectivity index (χ0n) is 16.6. The molecule has 0 spiro atoms. The van der Waals surface area contributed by atoms with Gasteiger partial charge in [0.2, 0.25) is 5.91 Å². The molecular weight excluding hydrogens is 362 g/mol. The summed E-state index contributed by atoms with van der Waals surface area (Å²) in [7, 11) is 0. The van der Waals surface area contributed by atoms with Crippen molar-refractivity contribution in [2.75, 3.05) is 11.9 Å². The number of anilines is 1. The van der Waals surface area contributed by atoms with Gasteiger partial charge in [-0.25, -0.2) is 9.78 Å². The fraction of sp³-hybridized carbons (Fsp3) is 0.750. The summed E-state index contributed by atoms with van der Waals surface area (Å²) in [6.45, 7) is 6.07. The largest absolute Gasteiger partial charge is 0.444 e. The van der Waals surface area contributed by atoms with Crippen LogP contribution < -0.4 is 5.32 Å². The summed E-state index contributed by atoms with van der Waals surface area (Å²) in [5.41, 5.74) is 0.530. The average Bonchev–Trinajstić information content (AvgIpc) is 3.09. The Kier molecular flexibility index (Phi) is 6.40. The van der Waals surface area contributed by atoms with Gasteiger partial charge in [-0.3, -0.25) is 9.69 Å². The molecule has 3 rings (SSSR count). The number of hydrogen-bond donors (Lipinski definition) is 1. The molecule has 1 aromatic heterocycles. The van der Waals surface area contributed by atoms with Crippen molar-refractivity contribution in [3.8, 4) is 0 Å². The van der Waals surface area contributed by atoms with Crippen LogP contribution in [-0.4, -0.2) is 40.1 Å². The van der Waals surface area contributed by atoms with Gasteiger partial charge in [-0.2, -0.15) is 0 Å². The number of ether oxygens (including phenoxy) is 1. The van der Waals surface area contributed by atoms with E-state index in [0.29, 0.717) is 24.0 Å². The van der Waals surface area contributed by atoms with Crippen molar-refractivity contribution >= 4 is 28.5 Å². The van der Waals surface area contributed by atoms with Crippen LogP contribution in [0.25, 0.3) is 0 Å². The van der Waals surface area contributed by atoms with Gasteiger partial charge in [0.25, 0.3) is 0 Å². The van der Waals surface area contributed by atoms with E-state index in [-0.39, 0.29) is 5.91 Å². The second kappa shape index (κ2) is 8.59. The molecule has 27 heavy (non-hydrogen) atoms. The van der Waals surface area contributed by atoms with Crippen LogP contribution in [0.1, 0.15) is 83.7 Å². The van der Waals surface area contributed by atoms with Crippen molar-refractivity contribution in [1.82, 2.24) is 9.88 Å². The number of hydrogen-bond acceptors (Lipinski definition) is 5. The van der Waals surface area contributed by atoms with Crippen molar-refractivity contribution in [1.29, 1.82) is 0 Å². The summed E-state index contributed by atoms with van der Waals surface area (Å²) in [5, 5.41) is 5.64. The first-order valence-electron chi connectivity index (χ1n) is 10.1. The van der Waals surface area contributed by atoms with Gasteiger partial charge in [-0.15, -0.1) is 11.3 Å². The quantitative estimate of drug-likeness (QED) is 0.791. The second-order valence-corrected chi connectivity index (χ2v) is 9.45. The highest BCUT2D eigenvalue weighted by molar-refractivity contribution is 7.13. The summed E-state index contributed by atoms with van der Waals surface area (Å²) in [4.78, 5) is 31.6. The van der Waals surface area contributed by atoms with Gasteiger partial charge < -0.3 is 10.1 Å². The monoisotopic (exact) mass is 393 g/mol. The number of amides is 2. The lowest BCUT2D eigenvalue weighted by molar-refractivity contribution is -0.122. The number of thiazole rings is 1. The summed E-state index contributed by atoms with van der Waals surface area (Å²) in [6, 6.07) is -0.490. The lowest BCUT2D eigenvalue weighted by Crippen LogP contribution is -2.51. The Morgan fingerprint density at radius 1 is 1.15 bits per heavy atom. The van der Waals surface area contributed by atoms with Gasteiger partial charge in [-0.1, -0.05) is 19.3 Å². The third kappa shape index (κ3) is 5.43. The van der Waals surface area contributed by atoms with Crippen LogP contribution in [0.5, 0.6) is 0 Å². The number of carbonyl (C=O) groups is 2. The minimum absolute atomic E-state index is 0.162. The molecule has 1 saturated carbocycles. The Labute approximate surface area is 165 Å². The molecule has 0 aromatic carbocycles. The maximum atomic E-state index is 12.8. The van der Waals surface area contributed by atoms with Crippen LogP contribution in [0.15, 0.2) is 5.38 Å². The van der Waals surface area contributed by atoms with Crippen LogP contribution in [0.4, 0.5) is 9.93 Å². The lowest BCUT2D eigenvalue weighted by atomic mass is 9.87. The first-order chi connectivity index (χ1) is 12.8. The highest BCUT2D eigenvalue weighted by Gasteiger charge is 2.35. The second-order valence-electron chi connectivity index (χ2n) is 8.59. The number of nitrogens with zero attached hydrogens (tertiary/aromatic N) is 2. The fourth-order valence-corrected chi connectivity index (χ4v) is 4.66. The van der Waals surface area contributed by atoms with Crippen molar-refractivity contribution in [3.05, 3.63) is 11.1 Å². The Morgan fingerprint density at radius 2 is 1.85 bits per heavy atom. The van der Waals surface area contributed by atoms with Gasteiger partial charge in [0.1, 0.15) is 11.6 Å². The molecule has 2 aliphatic rings. The molecule has 1 saturated heterocycles. The van der Waals surface area contributed by atoms with E-state index in [2.05, 4.69) is 15.7 Å². The van der Waals surface area contributed by atoms with E-state index in [1.807, 2.05) is 20.8 Å². The zero-order chi connectivity index (χ0) is 19.4. The molecule has 1 aliphatic carbocycles. The maximum absolute atomic E-state index is 12.8. The highest BCUT2D eigenvalue weighted by Crippen LogP contribution is 2.34. The van der Waals surface area contributed by atoms with Gasteiger partial charge in [0.15, 0.2) is 5.13 Å². The van der Waals surface area contributed by atoms with Crippen LogP contribution in [0, 0.1) is 0 Å². The molecule has 0 radical (unpaired) electrons. The van der Waals surface area contributed by atoms with E-state index >= 15 is 0 Å². The molecule has 0 unspecified atom stereocenters. The highest BCUT2D eigenvalue weighted by atomic mass is 32.1. The first-order valence-corrected chi connectivity index (χ1v) is 11.0. The minimum atomic E-state index is -0.570. The third-order valence-corrected chi connectivity index (χ3v) is 5.98. The Morgan fingerprint density at radius 3 is 2.56 bits per heavy atom. The van der Waals surface area contributed by atoms with Crippen molar-refractivity contribution in [3.63, 3.8) is 0 Å². The van der Waals surface area contributed by atoms with Gasteiger partial charge in [0, 0.05) is 17.8 Å². The minimum Gasteiger partial charge on any atom is -0.444 e. The number of piperidine rings is 1. The SMILES string of the molecule is CC(C)(C)OC(=O)N1CCCC[C@H]1C(=O)Nc1nc(C2CCCCC2)cs1. The Hall–Kier alpha value is -1.63. The molecule has 1 atom stereocenters. The Balaban J connectivity index is 1.63. The van der Waals surface area contributed by atoms with Crippen molar-refractivity contribution < 1.29 is 14.3 Å². The molecule has 6 nitrogen and oxygen atoms in total. The standard InChI is InChI=1S/C20H31N3O3S/c1-20(2,3)26-19(25)23-12-8-7-11-16(23)17(24)22-18-21-15(13-27-18)14-9-5-4-6-10-14/h13-14,16H,4-12H2,1-3H3,(H,21,22,24)/t16-/m0/s1. The summed E-state index contributed by atoms with van der Waals surface area (Å²) in [5.74, 6) is 0.360. The van der Waals surface area contributed by atoms with E-state index in [4.69, 9.17) is 4.74 Å². The summed E-state index contributed by atoms with van der Waals surface area (Å²) in [6.07, 6.45) is 8.28. The molecule has 1 aromatic rings. The number of rotatable bonds is 3.